The molecule has 0 saturated carbocycles. The minimum Gasteiger partial charge on any atom is -0.371 e. The summed E-state index contributed by atoms with van der Waals surface area (Å²) >= 11 is 0. The molecule has 0 aliphatic rings. The lowest BCUT2D eigenvalue weighted by molar-refractivity contribution is 0.485. The van der Waals surface area contributed by atoms with Gasteiger partial charge in [0, 0.05) is 6.07 Å². The Kier molecular flexibility index (Phi) is 2.30. The molecule has 1 aromatic rings. The lowest BCUT2D eigenvalue weighted by atomic mass is 10.3. The summed E-state index contributed by atoms with van der Waals surface area (Å²) in [6.07, 6.45) is 0. The molecule has 0 atom stereocenters. The summed E-state index contributed by atoms with van der Waals surface area (Å²) in [6, 6.07) is 4.68. The molecule has 0 aliphatic carbocycles. The molecule has 0 heterocycles. The monoisotopic (exact) mass is 191 g/mol. The van der Waals surface area contributed by atoms with E-state index >= 15 is 0 Å². The topological polar surface area (TPSA) is 69.4 Å². The van der Waals surface area contributed by atoms with E-state index in [9.17, 15) is 12.8 Å². The Labute approximate surface area is 69.0 Å². The van der Waals surface area contributed by atoms with Crippen molar-refractivity contribution < 1.29 is 17.0 Å². The maximum Gasteiger partial charge on any atom is 0.380 e. The van der Waals surface area contributed by atoms with Crippen molar-refractivity contribution in [2.45, 2.75) is 0 Å². The molecule has 1 aromatic carbocycles. The lowest BCUT2D eigenvalue weighted by Crippen LogP contribution is -2.18. The maximum absolute atomic E-state index is 12.4. The van der Waals surface area contributed by atoms with Gasteiger partial charge in [-0.05, 0) is 12.1 Å². The molecule has 0 fully saturated rings. The van der Waals surface area contributed by atoms with Gasteiger partial charge in [0.05, 0.1) is 0 Å². The van der Waals surface area contributed by atoms with Gasteiger partial charge >= 0.3 is 10.3 Å². The molecule has 66 valence electrons. The number of halogens is 1. The fourth-order valence-corrected chi connectivity index (χ4v) is 1.02. The summed E-state index contributed by atoms with van der Waals surface area (Å²) in [4.78, 5) is 0. The van der Waals surface area contributed by atoms with Gasteiger partial charge < -0.3 is 4.18 Å². The molecule has 0 spiro atoms. The first-order chi connectivity index (χ1) is 5.47. The van der Waals surface area contributed by atoms with Gasteiger partial charge in [0.25, 0.3) is 0 Å². The van der Waals surface area contributed by atoms with Crippen LogP contribution in [0.3, 0.4) is 0 Å². The first-order valence-electron chi connectivity index (χ1n) is 2.95. The minimum atomic E-state index is -4.06. The zero-order valence-corrected chi connectivity index (χ0v) is 6.71. The number of benzene rings is 1. The third-order valence-corrected chi connectivity index (χ3v) is 1.43. The van der Waals surface area contributed by atoms with Crippen molar-refractivity contribution >= 4 is 10.3 Å². The van der Waals surface area contributed by atoms with Crippen LogP contribution in [0.25, 0.3) is 0 Å². The molecule has 0 saturated heterocycles. The highest BCUT2D eigenvalue weighted by atomic mass is 32.2. The standard InChI is InChI=1S/C6H6FNO3S/c7-5-2-1-3-6(4-5)11-12(8,9)10/h1-4H,(H2,8,9,10). The zero-order valence-electron chi connectivity index (χ0n) is 5.90. The smallest absolute Gasteiger partial charge is 0.371 e. The van der Waals surface area contributed by atoms with E-state index in [2.05, 4.69) is 9.32 Å². The number of nitrogens with two attached hydrogens (primary N) is 1. The highest BCUT2D eigenvalue weighted by molar-refractivity contribution is 7.84. The van der Waals surface area contributed by atoms with Crippen LogP contribution in [0.15, 0.2) is 24.3 Å². The second-order valence-corrected chi connectivity index (χ2v) is 3.19. The van der Waals surface area contributed by atoms with E-state index in [4.69, 9.17) is 0 Å². The molecule has 0 amide bonds. The molecule has 0 unspecified atom stereocenters. The Morgan fingerprint density at radius 2 is 2.08 bits per heavy atom. The second-order valence-electron chi connectivity index (χ2n) is 2.03. The van der Waals surface area contributed by atoms with E-state index in [0.717, 1.165) is 12.1 Å². The van der Waals surface area contributed by atoms with Crippen LogP contribution >= 0.6 is 0 Å². The minimum absolute atomic E-state index is 0.141. The third-order valence-electron chi connectivity index (χ3n) is 1.01. The Balaban J connectivity index is 2.91. The van der Waals surface area contributed by atoms with Crippen LogP contribution in [0, 0.1) is 5.82 Å². The highest BCUT2D eigenvalue weighted by Gasteiger charge is 2.04. The van der Waals surface area contributed by atoms with Crippen LogP contribution < -0.4 is 9.32 Å². The molecule has 2 N–H and O–H groups in total. The summed E-state index contributed by atoms with van der Waals surface area (Å²) in [5.74, 6) is -0.728. The Morgan fingerprint density at radius 3 is 2.58 bits per heavy atom. The first-order valence-corrected chi connectivity index (χ1v) is 4.42. The van der Waals surface area contributed by atoms with Crippen molar-refractivity contribution in [1.82, 2.24) is 0 Å². The van der Waals surface area contributed by atoms with E-state index < -0.39 is 16.1 Å². The zero-order chi connectivity index (χ0) is 9.19. The normalized spacial score (nSPS) is 11.2. The summed E-state index contributed by atoms with van der Waals surface area (Å²) < 4.78 is 37.3. The van der Waals surface area contributed by atoms with Crippen LogP contribution in [0.4, 0.5) is 4.39 Å². The largest absolute Gasteiger partial charge is 0.380 e. The molecule has 0 aromatic heterocycles. The van der Waals surface area contributed by atoms with E-state index in [1.807, 2.05) is 0 Å². The van der Waals surface area contributed by atoms with Crippen molar-refractivity contribution in [2.75, 3.05) is 0 Å². The number of rotatable bonds is 2. The van der Waals surface area contributed by atoms with Crippen LogP contribution in [0.2, 0.25) is 0 Å². The van der Waals surface area contributed by atoms with Crippen molar-refractivity contribution in [1.29, 1.82) is 0 Å². The summed E-state index contributed by atoms with van der Waals surface area (Å²) in [5, 5.41) is 4.55. The van der Waals surface area contributed by atoms with E-state index in [1.54, 1.807) is 0 Å². The molecule has 4 nitrogen and oxygen atoms in total. The molecule has 12 heavy (non-hydrogen) atoms. The third kappa shape index (κ3) is 2.85. The van der Waals surface area contributed by atoms with Gasteiger partial charge in [-0.15, -0.1) is 0 Å². The van der Waals surface area contributed by atoms with Gasteiger partial charge in [0.2, 0.25) is 0 Å². The number of hydrogen-bond acceptors (Lipinski definition) is 3. The quantitative estimate of drug-likeness (QED) is 0.735. The van der Waals surface area contributed by atoms with Crippen molar-refractivity contribution in [2.24, 2.45) is 5.14 Å². The molecule has 0 aliphatic heterocycles. The Morgan fingerprint density at radius 1 is 1.42 bits per heavy atom. The van der Waals surface area contributed by atoms with Gasteiger partial charge in [-0.1, -0.05) is 6.07 Å². The highest BCUT2D eigenvalue weighted by Crippen LogP contribution is 2.12. The van der Waals surface area contributed by atoms with E-state index in [0.29, 0.717) is 0 Å². The van der Waals surface area contributed by atoms with Crippen LogP contribution in [0.5, 0.6) is 5.75 Å². The molecule has 1 rings (SSSR count). The molecular formula is C6H6FNO3S. The lowest BCUT2D eigenvalue weighted by Gasteiger charge is -2.00. The fraction of sp³-hybridized carbons (Fsp3) is 0. The molecular weight excluding hydrogens is 185 g/mol. The molecule has 0 bridgehead atoms. The summed E-state index contributed by atoms with van der Waals surface area (Å²) in [6.45, 7) is 0. The summed E-state index contributed by atoms with van der Waals surface area (Å²) in [5.41, 5.74) is 0. The second kappa shape index (κ2) is 3.08. The Bertz CT molecular complexity index is 376. The van der Waals surface area contributed by atoms with Gasteiger partial charge in [0.1, 0.15) is 11.6 Å². The van der Waals surface area contributed by atoms with Gasteiger partial charge in [-0.3, -0.25) is 0 Å². The fourth-order valence-electron chi connectivity index (χ4n) is 0.653. The predicted octanol–water partition coefficient (Wildman–Crippen LogP) is 0.408. The van der Waals surface area contributed by atoms with Gasteiger partial charge in [0.15, 0.2) is 0 Å². The average molecular weight is 191 g/mol. The van der Waals surface area contributed by atoms with Gasteiger partial charge in [-0.25, -0.2) is 4.39 Å². The van der Waals surface area contributed by atoms with E-state index in [-0.39, 0.29) is 5.75 Å². The van der Waals surface area contributed by atoms with Crippen molar-refractivity contribution in [3.63, 3.8) is 0 Å². The van der Waals surface area contributed by atoms with Gasteiger partial charge in [-0.2, -0.15) is 13.6 Å². The maximum atomic E-state index is 12.4. The van der Waals surface area contributed by atoms with E-state index in [1.165, 1.54) is 12.1 Å². The number of hydrogen-bond donors (Lipinski definition) is 1. The first kappa shape index (κ1) is 8.95. The SMILES string of the molecule is NS(=O)(=O)Oc1cccc(F)c1. The molecule has 0 radical (unpaired) electrons. The van der Waals surface area contributed by atoms with Crippen LogP contribution in [0.1, 0.15) is 0 Å². The molecule has 6 heteroatoms. The van der Waals surface area contributed by atoms with Crippen molar-refractivity contribution in [3.05, 3.63) is 30.1 Å². The van der Waals surface area contributed by atoms with Crippen molar-refractivity contribution in [3.8, 4) is 5.75 Å². The average Bonchev–Trinajstić information content (AvgIpc) is 1.82. The van der Waals surface area contributed by atoms with Crippen LogP contribution in [-0.4, -0.2) is 8.42 Å². The van der Waals surface area contributed by atoms with Crippen LogP contribution in [-0.2, 0) is 10.3 Å². The predicted molar refractivity (Wildman–Crippen MR) is 40.1 cm³/mol. The Hall–Kier alpha value is -1.14. The summed E-state index contributed by atoms with van der Waals surface area (Å²) in [7, 11) is -4.06.